The van der Waals surface area contributed by atoms with Crippen LogP contribution in [-0.4, -0.2) is 50.5 Å². The second-order valence-corrected chi connectivity index (χ2v) is 10.2. The van der Waals surface area contributed by atoms with Crippen LogP contribution < -0.4 is 9.62 Å². The summed E-state index contributed by atoms with van der Waals surface area (Å²) in [5, 5.41) is 2.90. The van der Waals surface area contributed by atoms with Crippen LogP contribution in [0.25, 0.3) is 0 Å². The molecular formula is C23H27ClFN3O4S. The molecule has 1 aliphatic rings. The molecule has 2 aromatic carbocycles. The molecule has 0 saturated carbocycles. The van der Waals surface area contributed by atoms with Gasteiger partial charge in [0.1, 0.15) is 5.82 Å². The number of carbonyl (C=O) groups excluding carboxylic acids is 2. The van der Waals surface area contributed by atoms with E-state index in [4.69, 9.17) is 11.6 Å². The Hall–Kier alpha value is -2.49. The summed E-state index contributed by atoms with van der Waals surface area (Å²) in [4.78, 5) is 27.3. The van der Waals surface area contributed by atoms with Gasteiger partial charge < -0.3 is 5.32 Å². The number of rotatable bonds is 8. The first-order valence-corrected chi connectivity index (χ1v) is 12.7. The Labute approximate surface area is 198 Å². The minimum atomic E-state index is -3.77. The second-order valence-electron chi connectivity index (χ2n) is 7.94. The third-order valence-corrected chi connectivity index (χ3v) is 7.94. The molecule has 1 saturated heterocycles. The van der Waals surface area contributed by atoms with E-state index in [0.29, 0.717) is 0 Å². The normalized spacial score (nSPS) is 18.5. The second kappa shape index (κ2) is 10.2. The number of carbonyl (C=O) groups is 2. The van der Waals surface area contributed by atoms with Gasteiger partial charge in [0.2, 0.25) is 15.9 Å². The molecule has 1 N–H and O–H groups in total. The molecule has 178 valence electrons. The summed E-state index contributed by atoms with van der Waals surface area (Å²) >= 11 is 6.30. The van der Waals surface area contributed by atoms with Crippen LogP contribution in [0.2, 0.25) is 5.02 Å². The van der Waals surface area contributed by atoms with Gasteiger partial charge in [-0.25, -0.2) is 17.1 Å². The SMILES string of the molecule is CCN(CC)C(CNC(=O)c1ccc(N2C(=O)C(C)CS2(=O)=O)cc1Cl)c1ccc(F)cc1. The van der Waals surface area contributed by atoms with Gasteiger partial charge in [-0.15, -0.1) is 0 Å². The van der Waals surface area contributed by atoms with Gasteiger partial charge in [0, 0.05) is 6.54 Å². The van der Waals surface area contributed by atoms with E-state index in [0.717, 1.165) is 23.0 Å². The largest absolute Gasteiger partial charge is 0.350 e. The van der Waals surface area contributed by atoms with Crippen LogP contribution in [0.1, 0.15) is 42.7 Å². The van der Waals surface area contributed by atoms with Gasteiger partial charge in [-0.05, 0) is 49.0 Å². The van der Waals surface area contributed by atoms with Gasteiger partial charge in [-0.3, -0.25) is 14.5 Å². The van der Waals surface area contributed by atoms with Gasteiger partial charge in [0.15, 0.2) is 0 Å². The molecule has 0 spiro atoms. The molecule has 0 aliphatic carbocycles. The van der Waals surface area contributed by atoms with Crippen LogP contribution >= 0.6 is 11.6 Å². The Morgan fingerprint density at radius 3 is 2.36 bits per heavy atom. The minimum absolute atomic E-state index is 0.0359. The van der Waals surface area contributed by atoms with Gasteiger partial charge in [-0.2, -0.15) is 0 Å². The van der Waals surface area contributed by atoms with E-state index in [1.807, 2.05) is 13.8 Å². The Kier molecular flexibility index (Phi) is 7.76. The van der Waals surface area contributed by atoms with Crippen molar-refractivity contribution in [3.63, 3.8) is 0 Å². The fourth-order valence-corrected chi connectivity index (χ4v) is 6.07. The molecular weight excluding hydrogens is 469 g/mol. The number of nitrogens with zero attached hydrogens (tertiary/aromatic N) is 2. The maximum absolute atomic E-state index is 13.4. The van der Waals surface area contributed by atoms with Crippen molar-refractivity contribution in [3.05, 3.63) is 64.4 Å². The third kappa shape index (κ3) is 5.37. The van der Waals surface area contributed by atoms with Crippen LogP contribution in [0.3, 0.4) is 0 Å². The Morgan fingerprint density at radius 2 is 1.85 bits per heavy atom. The van der Waals surface area contributed by atoms with Gasteiger partial charge in [-0.1, -0.05) is 44.5 Å². The van der Waals surface area contributed by atoms with Crippen molar-refractivity contribution in [1.82, 2.24) is 10.2 Å². The lowest BCUT2D eigenvalue weighted by Gasteiger charge is -2.30. The number of hydrogen-bond donors (Lipinski definition) is 1. The molecule has 0 radical (unpaired) electrons. The number of anilines is 1. The smallest absolute Gasteiger partial charge is 0.252 e. The van der Waals surface area contributed by atoms with Crippen molar-refractivity contribution in [2.45, 2.75) is 26.8 Å². The lowest BCUT2D eigenvalue weighted by atomic mass is 10.0. The Morgan fingerprint density at radius 1 is 1.21 bits per heavy atom. The maximum atomic E-state index is 13.4. The first kappa shape index (κ1) is 25.1. The monoisotopic (exact) mass is 495 g/mol. The average Bonchev–Trinajstić information content (AvgIpc) is 2.97. The maximum Gasteiger partial charge on any atom is 0.252 e. The first-order chi connectivity index (χ1) is 15.6. The number of halogens is 2. The van der Waals surface area contributed by atoms with Crippen molar-refractivity contribution in [1.29, 1.82) is 0 Å². The van der Waals surface area contributed by atoms with Crippen LogP contribution in [-0.2, 0) is 14.8 Å². The van der Waals surface area contributed by atoms with Gasteiger partial charge in [0.25, 0.3) is 5.91 Å². The summed E-state index contributed by atoms with van der Waals surface area (Å²) in [7, 11) is -3.77. The van der Waals surface area contributed by atoms with E-state index < -0.39 is 27.8 Å². The van der Waals surface area contributed by atoms with Crippen molar-refractivity contribution >= 4 is 39.1 Å². The van der Waals surface area contributed by atoms with E-state index in [2.05, 4.69) is 10.2 Å². The van der Waals surface area contributed by atoms with E-state index in [-0.39, 0.29) is 40.4 Å². The molecule has 7 nitrogen and oxygen atoms in total. The zero-order valence-corrected chi connectivity index (χ0v) is 20.3. The van der Waals surface area contributed by atoms with Crippen LogP contribution in [0.4, 0.5) is 10.1 Å². The number of amides is 2. The topological polar surface area (TPSA) is 86.8 Å². The Balaban J connectivity index is 1.79. The van der Waals surface area contributed by atoms with E-state index in [1.54, 1.807) is 19.1 Å². The molecule has 1 fully saturated rings. The molecule has 10 heteroatoms. The fraction of sp³-hybridized carbons (Fsp3) is 0.391. The highest BCUT2D eigenvalue weighted by atomic mass is 35.5. The van der Waals surface area contributed by atoms with Crippen molar-refractivity contribution < 1.29 is 22.4 Å². The lowest BCUT2D eigenvalue weighted by Crippen LogP contribution is -2.38. The summed E-state index contributed by atoms with van der Waals surface area (Å²) in [6, 6.07) is 10.1. The molecule has 1 heterocycles. The summed E-state index contributed by atoms with van der Waals surface area (Å²) in [6.07, 6.45) is 0. The van der Waals surface area contributed by atoms with E-state index >= 15 is 0 Å². The van der Waals surface area contributed by atoms with Crippen molar-refractivity contribution in [2.24, 2.45) is 5.92 Å². The summed E-state index contributed by atoms with van der Waals surface area (Å²) in [5.74, 6) is -2.19. The standard InChI is InChI=1S/C23H27ClFN3O4S/c1-4-27(5-2)21(16-6-8-17(25)9-7-16)13-26-22(29)19-11-10-18(12-20(19)24)28-23(30)15(3)14-33(28,31)32/h6-12,15,21H,4-5,13-14H2,1-3H3,(H,26,29). The highest BCUT2D eigenvalue weighted by molar-refractivity contribution is 7.94. The number of hydrogen-bond acceptors (Lipinski definition) is 5. The van der Waals surface area contributed by atoms with Crippen LogP contribution in [0, 0.1) is 11.7 Å². The quantitative estimate of drug-likeness (QED) is 0.604. The molecule has 1 aliphatic heterocycles. The van der Waals surface area contributed by atoms with Gasteiger partial charge in [0.05, 0.1) is 34.0 Å². The summed E-state index contributed by atoms with van der Waals surface area (Å²) < 4.78 is 38.8. The predicted octanol–water partition coefficient (Wildman–Crippen LogP) is 3.60. The van der Waals surface area contributed by atoms with E-state index in [9.17, 15) is 22.4 Å². The number of likely N-dealkylation sites (N-methyl/N-ethyl adjacent to an activating group) is 1. The lowest BCUT2D eigenvalue weighted by molar-refractivity contribution is -0.119. The zero-order valence-electron chi connectivity index (χ0n) is 18.7. The van der Waals surface area contributed by atoms with Crippen LogP contribution in [0.5, 0.6) is 0 Å². The molecule has 2 unspecified atom stereocenters. The molecule has 0 aromatic heterocycles. The highest BCUT2D eigenvalue weighted by Crippen LogP contribution is 2.31. The predicted molar refractivity (Wildman–Crippen MR) is 126 cm³/mol. The third-order valence-electron chi connectivity index (χ3n) is 5.76. The average molecular weight is 496 g/mol. The number of nitrogens with one attached hydrogen (secondary N) is 1. The molecule has 3 rings (SSSR count). The van der Waals surface area contributed by atoms with E-state index in [1.165, 1.54) is 30.3 Å². The van der Waals surface area contributed by atoms with Crippen LogP contribution in [0.15, 0.2) is 42.5 Å². The van der Waals surface area contributed by atoms with Crippen molar-refractivity contribution in [2.75, 3.05) is 29.7 Å². The highest BCUT2D eigenvalue weighted by Gasteiger charge is 2.42. The number of benzene rings is 2. The molecule has 2 aromatic rings. The summed E-state index contributed by atoms with van der Waals surface area (Å²) in [5.41, 5.74) is 1.14. The minimum Gasteiger partial charge on any atom is -0.350 e. The molecule has 2 amide bonds. The van der Waals surface area contributed by atoms with Crippen molar-refractivity contribution in [3.8, 4) is 0 Å². The van der Waals surface area contributed by atoms with Gasteiger partial charge >= 0.3 is 0 Å². The molecule has 2 atom stereocenters. The molecule has 33 heavy (non-hydrogen) atoms. The fourth-order valence-electron chi connectivity index (χ4n) is 3.99. The Bertz CT molecular complexity index is 1140. The first-order valence-electron chi connectivity index (χ1n) is 10.7. The molecule has 0 bridgehead atoms. The zero-order chi connectivity index (χ0) is 24.3. The number of sulfonamides is 1. The summed E-state index contributed by atoms with van der Waals surface area (Å²) in [6.45, 7) is 7.30.